The molecule has 2 heterocycles. The maximum Gasteiger partial charge on any atom is 0.264 e. The van der Waals surface area contributed by atoms with Crippen molar-refractivity contribution < 1.29 is 4.74 Å². The van der Waals surface area contributed by atoms with Crippen LogP contribution in [-0.4, -0.2) is 33.0 Å². The first-order valence-electron chi connectivity index (χ1n) is 5.65. The maximum absolute atomic E-state index is 12.1. The second-order valence-corrected chi connectivity index (χ2v) is 4.19. The standard InChI is InChI=1S/C12H16N4O2/c1-9(7-18-3)4-5-16-8-13-11-10(12(16)17)6-14-15(11)2/h4,6,8H,5,7H2,1-3H3. The Balaban J connectivity index is 2.33. The molecule has 0 N–H and O–H groups in total. The van der Waals surface area contributed by atoms with Gasteiger partial charge in [0.05, 0.1) is 12.8 Å². The third kappa shape index (κ3) is 2.33. The average molecular weight is 248 g/mol. The molecule has 0 saturated carbocycles. The number of ether oxygens (including phenoxy) is 1. The van der Waals surface area contributed by atoms with Crippen LogP contribution in [0.1, 0.15) is 6.92 Å². The van der Waals surface area contributed by atoms with E-state index in [-0.39, 0.29) is 5.56 Å². The number of aromatic nitrogens is 4. The van der Waals surface area contributed by atoms with Crippen molar-refractivity contribution in [2.45, 2.75) is 13.5 Å². The summed E-state index contributed by atoms with van der Waals surface area (Å²) in [7, 11) is 3.41. The minimum Gasteiger partial charge on any atom is -0.380 e. The van der Waals surface area contributed by atoms with E-state index in [1.165, 1.54) is 0 Å². The summed E-state index contributed by atoms with van der Waals surface area (Å²) in [6.07, 6.45) is 5.05. The highest BCUT2D eigenvalue weighted by Gasteiger charge is 2.06. The molecular formula is C12H16N4O2. The number of methoxy groups -OCH3 is 1. The van der Waals surface area contributed by atoms with Crippen molar-refractivity contribution in [2.75, 3.05) is 13.7 Å². The summed E-state index contributed by atoms with van der Waals surface area (Å²) in [6.45, 7) is 3.02. The van der Waals surface area contributed by atoms with Crippen LogP contribution in [-0.2, 0) is 18.3 Å². The van der Waals surface area contributed by atoms with E-state index >= 15 is 0 Å². The van der Waals surface area contributed by atoms with Crippen LogP contribution in [0, 0.1) is 0 Å². The molecule has 0 atom stereocenters. The third-order valence-corrected chi connectivity index (χ3v) is 2.73. The summed E-state index contributed by atoms with van der Waals surface area (Å²) >= 11 is 0. The second-order valence-electron chi connectivity index (χ2n) is 4.19. The lowest BCUT2D eigenvalue weighted by Gasteiger charge is -2.03. The van der Waals surface area contributed by atoms with Gasteiger partial charge in [-0.3, -0.25) is 14.0 Å². The zero-order valence-electron chi connectivity index (χ0n) is 10.8. The van der Waals surface area contributed by atoms with Crippen LogP contribution in [0.25, 0.3) is 11.0 Å². The van der Waals surface area contributed by atoms with Crippen LogP contribution >= 0.6 is 0 Å². The van der Waals surface area contributed by atoms with E-state index in [1.807, 2.05) is 13.0 Å². The summed E-state index contributed by atoms with van der Waals surface area (Å²) in [4.78, 5) is 16.3. The van der Waals surface area contributed by atoms with Gasteiger partial charge in [0, 0.05) is 20.7 Å². The van der Waals surface area contributed by atoms with Crippen molar-refractivity contribution in [3.8, 4) is 0 Å². The van der Waals surface area contributed by atoms with Crippen LogP contribution in [0.5, 0.6) is 0 Å². The topological polar surface area (TPSA) is 61.9 Å². The van der Waals surface area contributed by atoms with Crippen LogP contribution < -0.4 is 5.56 Å². The molecule has 0 amide bonds. The van der Waals surface area contributed by atoms with Gasteiger partial charge >= 0.3 is 0 Å². The molecule has 0 aromatic carbocycles. The van der Waals surface area contributed by atoms with Crippen LogP contribution in [0.4, 0.5) is 0 Å². The van der Waals surface area contributed by atoms with Gasteiger partial charge in [0.15, 0.2) is 5.65 Å². The van der Waals surface area contributed by atoms with E-state index in [9.17, 15) is 4.79 Å². The fourth-order valence-corrected chi connectivity index (χ4v) is 1.74. The van der Waals surface area contributed by atoms with E-state index in [2.05, 4.69) is 10.1 Å². The van der Waals surface area contributed by atoms with Gasteiger partial charge in [0.2, 0.25) is 0 Å². The number of aryl methyl sites for hydroxylation is 1. The van der Waals surface area contributed by atoms with Crippen molar-refractivity contribution in [1.82, 2.24) is 19.3 Å². The average Bonchev–Trinajstić information content (AvgIpc) is 2.72. The molecule has 0 radical (unpaired) electrons. The van der Waals surface area contributed by atoms with Gasteiger partial charge < -0.3 is 4.74 Å². The van der Waals surface area contributed by atoms with Crippen molar-refractivity contribution >= 4 is 11.0 Å². The zero-order chi connectivity index (χ0) is 13.1. The Kier molecular flexibility index (Phi) is 3.57. The van der Waals surface area contributed by atoms with Crippen LogP contribution in [0.15, 0.2) is 29.0 Å². The molecule has 0 unspecified atom stereocenters. The molecule has 0 saturated heterocycles. The van der Waals surface area contributed by atoms with Gasteiger partial charge in [0.25, 0.3) is 5.56 Å². The number of fused-ring (bicyclic) bond motifs is 1. The summed E-state index contributed by atoms with van der Waals surface area (Å²) in [5.41, 5.74) is 1.61. The lowest BCUT2D eigenvalue weighted by atomic mass is 10.3. The SMILES string of the molecule is COCC(C)=CCn1cnc2c(cnn2C)c1=O. The van der Waals surface area contributed by atoms with Gasteiger partial charge in [-0.15, -0.1) is 0 Å². The number of hydrogen-bond donors (Lipinski definition) is 0. The van der Waals surface area contributed by atoms with E-state index < -0.39 is 0 Å². The maximum atomic E-state index is 12.1. The summed E-state index contributed by atoms with van der Waals surface area (Å²) in [6, 6.07) is 0. The highest BCUT2D eigenvalue weighted by atomic mass is 16.5. The number of hydrogen-bond acceptors (Lipinski definition) is 4. The van der Waals surface area contributed by atoms with Gasteiger partial charge in [0.1, 0.15) is 11.7 Å². The molecule has 0 aliphatic heterocycles. The number of rotatable bonds is 4. The first-order chi connectivity index (χ1) is 8.63. The van der Waals surface area contributed by atoms with E-state index in [0.29, 0.717) is 24.2 Å². The minimum absolute atomic E-state index is 0.0745. The second kappa shape index (κ2) is 5.14. The quantitative estimate of drug-likeness (QED) is 0.748. The summed E-state index contributed by atoms with van der Waals surface area (Å²) < 4.78 is 8.16. The number of allylic oxidation sites excluding steroid dienone is 1. The Morgan fingerprint density at radius 2 is 2.33 bits per heavy atom. The molecule has 96 valence electrons. The molecule has 2 rings (SSSR count). The Labute approximate surface area is 105 Å². The molecule has 0 aliphatic rings. The third-order valence-electron chi connectivity index (χ3n) is 2.73. The fraction of sp³-hybridized carbons (Fsp3) is 0.417. The monoisotopic (exact) mass is 248 g/mol. The van der Waals surface area contributed by atoms with E-state index in [1.54, 1.807) is 35.9 Å². The van der Waals surface area contributed by atoms with Crippen LogP contribution in [0.3, 0.4) is 0 Å². The Hall–Kier alpha value is -1.95. The molecule has 0 aliphatic carbocycles. The Bertz CT molecular complexity index is 639. The lowest BCUT2D eigenvalue weighted by molar-refractivity contribution is 0.225. The first kappa shape index (κ1) is 12.5. The van der Waals surface area contributed by atoms with Gasteiger partial charge in [-0.05, 0) is 6.92 Å². The molecule has 0 fully saturated rings. The molecule has 0 spiro atoms. The highest BCUT2D eigenvalue weighted by Crippen LogP contribution is 2.03. The van der Waals surface area contributed by atoms with Gasteiger partial charge in [-0.2, -0.15) is 5.10 Å². The predicted octanol–water partition coefficient (Wildman–Crippen LogP) is 0.723. The lowest BCUT2D eigenvalue weighted by Crippen LogP contribution is -2.20. The fourth-order valence-electron chi connectivity index (χ4n) is 1.74. The summed E-state index contributed by atoms with van der Waals surface area (Å²) in [5.74, 6) is 0. The largest absolute Gasteiger partial charge is 0.380 e. The van der Waals surface area contributed by atoms with E-state index in [4.69, 9.17) is 4.74 Å². The normalized spacial score (nSPS) is 12.3. The van der Waals surface area contributed by atoms with Crippen molar-refractivity contribution in [3.05, 3.63) is 34.5 Å². The van der Waals surface area contributed by atoms with Crippen LogP contribution in [0.2, 0.25) is 0 Å². The van der Waals surface area contributed by atoms with Crippen molar-refractivity contribution in [3.63, 3.8) is 0 Å². The molecule has 6 heteroatoms. The smallest absolute Gasteiger partial charge is 0.264 e. The highest BCUT2D eigenvalue weighted by molar-refractivity contribution is 5.72. The molecule has 0 bridgehead atoms. The minimum atomic E-state index is -0.0745. The Morgan fingerprint density at radius 3 is 3.06 bits per heavy atom. The van der Waals surface area contributed by atoms with Gasteiger partial charge in [-0.1, -0.05) is 11.6 Å². The molecule has 18 heavy (non-hydrogen) atoms. The van der Waals surface area contributed by atoms with E-state index in [0.717, 1.165) is 5.57 Å². The Morgan fingerprint density at radius 1 is 1.56 bits per heavy atom. The zero-order valence-corrected chi connectivity index (χ0v) is 10.8. The molecular weight excluding hydrogens is 232 g/mol. The molecule has 2 aromatic rings. The number of nitrogens with zero attached hydrogens (tertiary/aromatic N) is 4. The van der Waals surface area contributed by atoms with Crippen molar-refractivity contribution in [2.24, 2.45) is 7.05 Å². The predicted molar refractivity (Wildman–Crippen MR) is 68.4 cm³/mol. The molecule has 6 nitrogen and oxygen atoms in total. The summed E-state index contributed by atoms with van der Waals surface area (Å²) in [5, 5.41) is 4.57. The van der Waals surface area contributed by atoms with Crippen molar-refractivity contribution in [1.29, 1.82) is 0 Å². The molecule has 2 aromatic heterocycles. The first-order valence-corrected chi connectivity index (χ1v) is 5.65. The van der Waals surface area contributed by atoms with Gasteiger partial charge in [-0.25, -0.2) is 4.98 Å².